The molecule has 4 nitrogen and oxygen atoms in total. The van der Waals surface area contributed by atoms with Crippen molar-refractivity contribution in [3.8, 4) is 0 Å². The smallest absolute Gasteiger partial charge is 0.117 e. The van der Waals surface area contributed by atoms with Crippen LogP contribution in [0, 0.1) is 0 Å². The Morgan fingerprint density at radius 1 is 1.13 bits per heavy atom. The molecule has 0 amide bonds. The Labute approximate surface area is 93.2 Å². The highest BCUT2D eigenvalue weighted by molar-refractivity contribution is 4.82. The molecular formula is C11H24N4. The number of nitrogens with one attached hydrogen (secondary N) is 1. The number of rotatable bonds is 2. The molecule has 0 aromatic carbocycles. The van der Waals surface area contributed by atoms with Crippen molar-refractivity contribution in [3.63, 3.8) is 0 Å². The summed E-state index contributed by atoms with van der Waals surface area (Å²) in [7, 11) is 2.21. The van der Waals surface area contributed by atoms with Gasteiger partial charge in [-0.05, 0) is 13.5 Å². The van der Waals surface area contributed by atoms with Gasteiger partial charge in [0.2, 0.25) is 0 Å². The van der Waals surface area contributed by atoms with Gasteiger partial charge < -0.3 is 4.90 Å². The number of hydrogen-bond donors (Lipinski definition) is 1. The summed E-state index contributed by atoms with van der Waals surface area (Å²) in [5, 5.41) is 3.66. The molecule has 1 unspecified atom stereocenters. The molecule has 1 N–H and O–H groups in total. The first-order chi connectivity index (χ1) is 7.31. The lowest BCUT2D eigenvalue weighted by molar-refractivity contribution is 0.0787. The van der Waals surface area contributed by atoms with Crippen molar-refractivity contribution in [3.05, 3.63) is 0 Å². The fourth-order valence-electron chi connectivity index (χ4n) is 2.54. The molecule has 2 rings (SSSR count). The van der Waals surface area contributed by atoms with E-state index in [2.05, 4.69) is 34.0 Å². The maximum atomic E-state index is 3.66. The third-order valence-electron chi connectivity index (χ3n) is 3.47. The first-order valence-corrected chi connectivity index (χ1v) is 6.21. The highest BCUT2D eigenvalue weighted by Gasteiger charge is 2.31. The van der Waals surface area contributed by atoms with E-state index in [9.17, 15) is 0 Å². The summed E-state index contributed by atoms with van der Waals surface area (Å²) in [4.78, 5) is 7.56. The third-order valence-corrected chi connectivity index (χ3v) is 3.47. The highest BCUT2D eigenvalue weighted by atomic mass is 15.5. The van der Waals surface area contributed by atoms with Crippen LogP contribution in [0.1, 0.15) is 13.3 Å². The molecule has 0 saturated carbocycles. The highest BCUT2D eigenvalue weighted by Crippen LogP contribution is 2.13. The summed E-state index contributed by atoms with van der Waals surface area (Å²) in [5.74, 6) is 0. The lowest BCUT2D eigenvalue weighted by Crippen LogP contribution is -2.55. The van der Waals surface area contributed by atoms with Crippen LogP contribution in [0.25, 0.3) is 0 Å². The van der Waals surface area contributed by atoms with Gasteiger partial charge in [0.25, 0.3) is 0 Å². The normalized spacial score (nSPS) is 31.2. The number of fused-ring (bicyclic) bond motifs is 1. The predicted octanol–water partition coefficient (Wildman–Crippen LogP) is -0.167. The van der Waals surface area contributed by atoms with Crippen molar-refractivity contribution in [2.75, 3.05) is 52.9 Å². The van der Waals surface area contributed by atoms with Crippen LogP contribution in [-0.2, 0) is 0 Å². The van der Waals surface area contributed by atoms with Gasteiger partial charge in [0.05, 0.1) is 0 Å². The van der Waals surface area contributed by atoms with Crippen LogP contribution in [0.3, 0.4) is 0 Å². The van der Waals surface area contributed by atoms with Gasteiger partial charge in [-0.2, -0.15) is 0 Å². The fourth-order valence-corrected chi connectivity index (χ4v) is 2.54. The van der Waals surface area contributed by atoms with Crippen molar-refractivity contribution in [1.82, 2.24) is 20.0 Å². The minimum absolute atomic E-state index is 0.513. The van der Waals surface area contributed by atoms with Gasteiger partial charge in [-0.1, -0.05) is 6.92 Å². The lowest BCUT2D eigenvalue weighted by atomic mass is 10.4. The van der Waals surface area contributed by atoms with E-state index in [-0.39, 0.29) is 0 Å². The van der Waals surface area contributed by atoms with E-state index in [1.807, 2.05) is 0 Å². The minimum Gasteiger partial charge on any atom is -0.304 e. The lowest BCUT2D eigenvalue weighted by Gasteiger charge is -2.34. The van der Waals surface area contributed by atoms with Gasteiger partial charge in [0, 0.05) is 45.8 Å². The van der Waals surface area contributed by atoms with Crippen molar-refractivity contribution in [2.24, 2.45) is 0 Å². The first kappa shape index (κ1) is 11.3. The van der Waals surface area contributed by atoms with Crippen molar-refractivity contribution < 1.29 is 0 Å². The van der Waals surface area contributed by atoms with E-state index in [1.165, 1.54) is 45.7 Å². The van der Waals surface area contributed by atoms with Gasteiger partial charge in [0.15, 0.2) is 0 Å². The zero-order chi connectivity index (χ0) is 10.7. The van der Waals surface area contributed by atoms with Crippen LogP contribution in [-0.4, -0.2) is 73.9 Å². The molecule has 2 fully saturated rings. The molecule has 1 atom stereocenters. The summed E-state index contributed by atoms with van der Waals surface area (Å²) < 4.78 is 0. The van der Waals surface area contributed by atoms with E-state index < -0.39 is 0 Å². The predicted molar refractivity (Wildman–Crippen MR) is 62.7 cm³/mol. The Morgan fingerprint density at radius 2 is 1.93 bits per heavy atom. The zero-order valence-corrected chi connectivity index (χ0v) is 10.1. The maximum Gasteiger partial charge on any atom is 0.117 e. The number of nitrogens with zero attached hydrogens (tertiary/aromatic N) is 3. The maximum absolute atomic E-state index is 3.66. The van der Waals surface area contributed by atoms with Crippen molar-refractivity contribution in [1.29, 1.82) is 0 Å². The standard InChI is InChI=1S/C11H24N4/c1-3-5-14-9-10-15-8-7-13(2)6-4-12-11(14)15/h11-12H,3-10H2,1-2H3. The van der Waals surface area contributed by atoms with Crippen LogP contribution in [0.2, 0.25) is 0 Å². The van der Waals surface area contributed by atoms with Crippen LogP contribution in [0.4, 0.5) is 0 Å². The first-order valence-electron chi connectivity index (χ1n) is 6.21. The second-order valence-corrected chi connectivity index (χ2v) is 4.70. The summed E-state index contributed by atoms with van der Waals surface area (Å²) in [6.45, 7) is 10.6. The largest absolute Gasteiger partial charge is 0.304 e. The third kappa shape index (κ3) is 2.69. The van der Waals surface area contributed by atoms with Gasteiger partial charge in [-0.25, -0.2) is 0 Å². The van der Waals surface area contributed by atoms with Gasteiger partial charge >= 0.3 is 0 Å². The Balaban J connectivity index is 1.92. The van der Waals surface area contributed by atoms with E-state index in [0.717, 1.165) is 6.54 Å². The van der Waals surface area contributed by atoms with Gasteiger partial charge in [-0.3, -0.25) is 15.1 Å². The molecule has 4 heteroatoms. The fraction of sp³-hybridized carbons (Fsp3) is 1.00. The summed E-state index contributed by atoms with van der Waals surface area (Å²) in [6.07, 6.45) is 1.77. The Bertz CT molecular complexity index is 197. The second kappa shape index (κ2) is 5.25. The molecule has 0 bridgehead atoms. The average molecular weight is 212 g/mol. The molecule has 0 aliphatic carbocycles. The second-order valence-electron chi connectivity index (χ2n) is 4.70. The summed E-state index contributed by atoms with van der Waals surface area (Å²) in [6, 6.07) is 0. The topological polar surface area (TPSA) is 21.8 Å². The molecule has 2 saturated heterocycles. The Morgan fingerprint density at radius 3 is 2.73 bits per heavy atom. The molecule has 0 spiro atoms. The molecule has 0 aromatic rings. The summed E-state index contributed by atoms with van der Waals surface area (Å²) in [5.41, 5.74) is 0. The summed E-state index contributed by atoms with van der Waals surface area (Å²) >= 11 is 0. The minimum atomic E-state index is 0.513. The molecule has 2 heterocycles. The van der Waals surface area contributed by atoms with Crippen LogP contribution >= 0.6 is 0 Å². The SMILES string of the molecule is CCCN1CCN2CCN(C)CCNC12. The van der Waals surface area contributed by atoms with E-state index in [0.29, 0.717) is 6.29 Å². The molecule has 0 aromatic heterocycles. The monoisotopic (exact) mass is 212 g/mol. The zero-order valence-electron chi connectivity index (χ0n) is 10.1. The van der Waals surface area contributed by atoms with Crippen LogP contribution in [0.15, 0.2) is 0 Å². The molecule has 15 heavy (non-hydrogen) atoms. The van der Waals surface area contributed by atoms with Crippen molar-refractivity contribution >= 4 is 0 Å². The molecule has 88 valence electrons. The van der Waals surface area contributed by atoms with Crippen LogP contribution in [0.5, 0.6) is 0 Å². The van der Waals surface area contributed by atoms with E-state index in [1.54, 1.807) is 0 Å². The van der Waals surface area contributed by atoms with Gasteiger partial charge in [0.1, 0.15) is 6.29 Å². The number of likely N-dealkylation sites (N-methyl/N-ethyl adjacent to an activating group) is 1. The molecule has 0 radical (unpaired) electrons. The molecule has 2 aliphatic heterocycles. The Kier molecular flexibility index (Phi) is 3.97. The van der Waals surface area contributed by atoms with Crippen molar-refractivity contribution in [2.45, 2.75) is 19.6 Å². The average Bonchev–Trinajstić information content (AvgIpc) is 2.56. The van der Waals surface area contributed by atoms with E-state index in [4.69, 9.17) is 0 Å². The molecular weight excluding hydrogens is 188 g/mol. The van der Waals surface area contributed by atoms with E-state index >= 15 is 0 Å². The quantitative estimate of drug-likeness (QED) is 0.686. The van der Waals surface area contributed by atoms with Gasteiger partial charge in [-0.15, -0.1) is 0 Å². The Hall–Kier alpha value is -0.160. The number of hydrogen-bond acceptors (Lipinski definition) is 4. The van der Waals surface area contributed by atoms with Crippen LogP contribution < -0.4 is 5.32 Å². The molecule has 2 aliphatic rings.